The summed E-state index contributed by atoms with van der Waals surface area (Å²) < 4.78 is 8.06. The van der Waals surface area contributed by atoms with E-state index in [2.05, 4.69) is 43.2 Å². The number of nitrogens with zero attached hydrogens (tertiary/aromatic N) is 2. The van der Waals surface area contributed by atoms with E-state index < -0.39 is 0 Å². The maximum absolute atomic E-state index is 6.04. The van der Waals surface area contributed by atoms with Crippen molar-refractivity contribution in [1.29, 1.82) is 0 Å². The molecule has 3 heteroatoms. The second-order valence-electron chi connectivity index (χ2n) is 5.06. The van der Waals surface area contributed by atoms with E-state index in [4.69, 9.17) is 4.74 Å². The SMILES string of the molecule is CCc1cc(COc2cccc3ccccc23)n(CC)n1. The van der Waals surface area contributed by atoms with Crippen molar-refractivity contribution >= 4 is 10.8 Å². The van der Waals surface area contributed by atoms with Gasteiger partial charge in [0, 0.05) is 11.9 Å². The smallest absolute Gasteiger partial charge is 0.130 e. The topological polar surface area (TPSA) is 27.1 Å². The highest BCUT2D eigenvalue weighted by Gasteiger charge is 2.07. The molecular formula is C18H20N2O. The molecule has 0 fully saturated rings. The van der Waals surface area contributed by atoms with Crippen LogP contribution in [0.1, 0.15) is 25.2 Å². The summed E-state index contributed by atoms with van der Waals surface area (Å²) in [5.74, 6) is 0.926. The van der Waals surface area contributed by atoms with Crippen LogP contribution in [0.4, 0.5) is 0 Å². The van der Waals surface area contributed by atoms with E-state index in [-0.39, 0.29) is 0 Å². The molecule has 1 aromatic heterocycles. The number of benzene rings is 2. The summed E-state index contributed by atoms with van der Waals surface area (Å²) in [6.45, 7) is 5.65. The lowest BCUT2D eigenvalue weighted by Crippen LogP contribution is -2.06. The quantitative estimate of drug-likeness (QED) is 0.700. The zero-order chi connectivity index (χ0) is 14.7. The van der Waals surface area contributed by atoms with Gasteiger partial charge in [-0.2, -0.15) is 5.10 Å². The predicted molar refractivity (Wildman–Crippen MR) is 85.6 cm³/mol. The zero-order valence-electron chi connectivity index (χ0n) is 12.5. The van der Waals surface area contributed by atoms with Crippen molar-refractivity contribution in [3.05, 3.63) is 59.9 Å². The Balaban J connectivity index is 1.85. The van der Waals surface area contributed by atoms with Crippen LogP contribution in [0, 0.1) is 0 Å². The fourth-order valence-electron chi connectivity index (χ4n) is 2.55. The molecule has 3 aromatic rings. The Labute approximate surface area is 125 Å². The van der Waals surface area contributed by atoms with Crippen molar-refractivity contribution in [3.8, 4) is 5.75 Å². The summed E-state index contributed by atoms with van der Waals surface area (Å²) in [6, 6.07) is 16.6. The molecule has 1 heterocycles. The van der Waals surface area contributed by atoms with Crippen LogP contribution in [0.5, 0.6) is 5.75 Å². The van der Waals surface area contributed by atoms with Crippen LogP contribution in [-0.4, -0.2) is 9.78 Å². The summed E-state index contributed by atoms with van der Waals surface area (Å²) in [4.78, 5) is 0. The number of hydrogen-bond donors (Lipinski definition) is 0. The third kappa shape index (κ3) is 2.77. The fraction of sp³-hybridized carbons (Fsp3) is 0.278. The molecule has 0 saturated heterocycles. The van der Waals surface area contributed by atoms with Gasteiger partial charge in [-0.25, -0.2) is 0 Å². The molecule has 0 spiro atoms. The molecule has 108 valence electrons. The first kappa shape index (κ1) is 13.7. The van der Waals surface area contributed by atoms with Crippen molar-refractivity contribution in [2.24, 2.45) is 0 Å². The summed E-state index contributed by atoms with van der Waals surface area (Å²) in [5.41, 5.74) is 2.25. The molecule has 0 saturated carbocycles. The van der Waals surface area contributed by atoms with Gasteiger partial charge in [-0.15, -0.1) is 0 Å². The molecule has 0 aliphatic carbocycles. The summed E-state index contributed by atoms with van der Waals surface area (Å²) in [5, 5.41) is 6.91. The largest absolute Gasteiger partial charge is 0.487 e. The third-order valence-electron chi connectivity index (χ3n) is 3.70. The van der Waals surface area contributed by atoms with Gasteiger partial charge in [-0.05, 0) is 30.9 Å². The average Bonchev–Trinajstić information content (AvgIpc) is 2.95. The van der Waals surface area contributed by atoms with Crippen LogP contribution in [-0.2, 0) is 19.6 Å². The second-order valence-corrected chi connectivity index (χ2v) is 5.06. The minimum absolute atomic E-state index is 0.550. The van der Waals surface area contributed by atoms with Gasteiger partial charge in [0.05, 0.1) is 11.4 Å². The van der Waals surface area contributed by atoms with Gasteiger partial charge in [0.1, 0.15) is 12.4 Å². The van der Waals surface area contributed by atoms with E-state index in [1.54, 1.807) is 0 Å². The number of rotatable bonds is 5. The minimum Gasteiger partial charge on any atom is -0.487 e. The molecule has 21 heavy (non-hydrogen) atoms. The van der Waals surface area contributed by atoms with E-state index >= 15 is 0 Å². The van der Waals surface area contributed by atoms with Crippen molar-refractivity contribution < 1.29 is 4.74 Å². The maximum Gasteiger partial charge on any atom is 0.130 e. The fourth-order valence-corrected chi connectivity index (χ4v) is 2.55. The van der Waals surface area contributed by atoms with Crippen LogP contribution in [0.15, 0.2) is 48.5 Å². The average molecular weight is 280 g/mol. The number of fused-ring (bicyclic) bond motifs is 1. The summed E-state index contributed by atoms with van der Waals surface area (Å²) in [7, 11) is 0. The number of aryl methyl sites for hydroxylation is 2. The lowest BCUT2D eigenvalue weighted by molar-refractivity contribution is 0.296. The first-order valence-corrected chi connectivity index (χ1v) is 7.48. The lowest BCUT2D eigenvalue weighted by atomic mass is 10.1. The predicted octanol–water partition coefficient (Wildman–Crippen LogP) is 4.20. The molecule has 0 bridgehead atoms. The number of aromatic nitrogens is 2. The highest BCUT2D eigenvalue weighted by molar-refractivity contribution is 5.88. The van der Waals surface area contributed by atoms with Gasteiger partial charge in [-0.1, -0.05) is 43.3 Å². The Kier molecular flexibility index (Phi) is 3.91. The van der Waals surface area contributed by atoms with Gasteiger partial charge in [0.2, 0.25) is 0 Å². The van der Waals surface area contributed by atoms with E-state index in [0.717, 1.165) is 35.5 Å². The van der Waals surface area contributed by atoms with Crippen molar-refractivity contribution in [3.63, 3.8) is 0 Å². The van der Waals surface area contributed by atoms with Crippen molar-refractivity contribution in [2.45, 2.75) is 33.4 Å². The zero-order valence-corrected chi connectivity index (χ0v) is 12.5. The molecule has 3 nitrogen and oxygen atoms in total. The molecule has 0 unspecified atom stereocenters. The number of hydrogen-bond acceptors (Lipinski definition) is 2. The first-order chi connectivity index (χ1) is 10.3. The van der Waals surface area contributed by atoms with Gasteiger partial charge in [-0.3, -0.25) is 4.68 Å². The molecular weight excluding hydrogens is 260 g/mol. The first-order valence-electron chi connectivity index (χ1n) is 7.48. The van der Waals surface area contributed by atoms with E-state index in [1.807, 2.05) is 28.9 Å². The normalized spacial score (nSPS) is 11.0. The van der Waals surface area contributed by atoms with Crippen LogP contribution in [0.25, 0.3) is 10.8 Å². The van der Waals surface area contributed by atoms with Gasteiger partial charge < -0.3 is 4.74 Å². The van der Waals surface area contributed by atoms with Crippen LogP contribution in [0.3, 0.4) is 0 Å². The molecule has 0 atom stereocenters. The molecule has 0 N–H and O–H groups in total. The highest BCUT2D eigenvalue weighted by Crippen LogP contribution is 2.26. The van der Waals surface area contributed by atoms with Crippen molar-refractivity contribution in [2.75, 3.05) is 0 Å². The third-order valence-corrected chi connectivity index (χ3v) is 3.70. The summed E-state index contributed by atoms with van der Waals surface area (Å²) in [6.07, 6.45) is 0.953. The molecule has 0 radical (unpaired) electrons. The standard InChI is InChI=1S/C18H20N2O/c1-3-15-12-16(20(4-2)19-15)13-21-18-11-7-9-14-8-5-6-10-17(14)18/h5-12H,3-4,13H2,1-2H3. The van der Waals surface area contributed by atoms with E-state index in [1.165, 1.54) is 5.39 Å². The Morgan fingerprint density at radius 3 is 2.67 bits per heavy atom. The monoisotopic (exact) mass is 280 g/mol. The van der Waals surface area contributed by atoms with E-state index in [0.29, 0.717) is 6.61 Å². The molecule has 3 rings (SSSR count). The minimum atomic E-state index is 0.550. The Morgan fingerprint density at radius 2 is 1.86 bits per heavy atom. The van der Waals surface area contributed by atoms with Gasteiger partial charge in [0.25, 0.3) is 0 Å². The Hall–Kier alpha value is -2.29. The maximum atomic E-state index is 6.04. The number of ether oxygens (including phenoxy) is 1. The molecule has 0 aliphatic rings. The van der Waals surface area contributed by atoms with Crippen LogP contribution >= 0.6 is 0 Å². The molecule has 2 aromatic carbocycles. The second kappa shape index (κ2) is 6.00. The van der Waals surface area contributed by atoms with Crippen LogP contribution in [0.2, 0.25) is 0 Å². The highest BCUT2D eigenvalue weighted by atomic mass is 16.5. The Morgan fingerprint density at radius 1 is 1.05 bits per heavy atom. The Bertz CT molecular complexity index is 741. The molecule has 0 amide bonds. The van der Waals surface area contributed by atoms with E-state index in [9.17, 15) is 0 Å². The molecule has 0 aliphatic heterocycles. The van der Waals surface area contributed by atoms with Gasteiger partial charge >= 0.3 is 0 Å². The lowest BCUT2D eigenvalue weighted by Gasteiger charge is -2.10. The van der Waals surface area contributed by atoms with Crippen LogP contribution < -0.4 is 4.74 Å². The van der Waals surface area contributed by atoms with Crippen molar-refractivity contribution in [1.82, 2.24) is 9.78 Å². The summed E-state index contributed by atoms with van der Waals surface area (Å²) >= 11 is 0. The van der Waals surface area contributed by atoms with Gasteiger partial charge in [0.15, 0.2) is 0 Å².